The molecule has 24 heavy (non-hydrogen) atoms. The topological polar surface area (TPSA) is 46.9 Å². The Labute approximate surface area is 135 Å². The summed E-state index contributed by atoms with van der Waals surface area (Å²) in [6.07, 6.45) is -4.64. The lowest BCUT2D eigenvalue weighted by Crippen LogP contribution is -2.23. The van der Waals surface area contributed by atoms with E-state index in [0.717, 1.165) is 10.1 Å². The van der Waals surface area contributed by atoms with Gasteiger partial charge >= 0.3 is 6.18 Å². The molecule has 0 saturated heterocycles. The van der Waals surface area contributed by atoms with Gasteiger partial charge in [0.1, 0.15) is 6.54 Å². The second-order valence-electron chi connectivity index (χ2n) is 5.43. The number of carbonyl (C=O) groups excluding carboxylic acids is 1. The number of fused-ring (bicyclic) bond motifs is 1. The van der Waals surface area contributed by atoms with Crippen LogP contribution in [0.4, 0.5) is 18.9 Å². The van der Waals surface area contributed by atoms with E-state index in [2.05, 4.69) is 10.3 Å². The Balaban J connectivity index is 1.92. The lowest BCUT2D eigenvalue weighted by molar-refractivity contribution is -0.147. The molecule has 3 aromatic rings. The van der Waals surface area contributed by atoms with Crippen LogP contribution in [0.5, 0.6) is 0 Å². The zero-order chi connectivity index (χ0) is 17.3. The van der Waals surface area contributed by atoms with Gasteiger partial charge in [0.25, 0.3) is 0 Å². The van der Waals surface area contributed by atoms with Gasteiger partial charge in [0, 0.05) is 5.69 Å². The molecule has 0 spiro atoms. The number of hydrogen-bond acceptors (Lipinski definition) is 2. The van der Waals surface area contributed by atoms with Crippen LogP contribution in [-0.2, 0) is 17.5 Å². The Morgan fingerprint density at radius 3 is 2.62 bits per heavy atom. The fourth-order valence-corrected chi connectivity index (χ4v) is 2.52. The van der Waals surface area contributed by atoms with Crippen molar-refractivity contribution in [3.63, 3.8) is 0 Å². The first kappa shape index (κ1) is 16.0. The number of rotatable bonds is 3. The van der Waals surface area contributed by atoms with Crippen LogP contribution in [0.1, 0.15) is 11.4 Å². The van der Waals surface area contributed by atoms with Crippen molar-refractivity contribution in [2.24, 2.45) is 0 Å². The molecule has 0 aliphatic carbocycles. The number of halogens is 3. The highest BCUT2D eigenvalue weighted by molar-refractivity contribution is 5.91. The number of amides is 1. The van der Waals surface area contributed by atoms with Crippen molar-refractivity contribution >= 4 is 22.6 Å². The predicted molar refractivity (Wildman–Crippen MR) is 84.5 cm³/mol. The van der Waals surface area contributed by atoms with Gasteiger partial charge < -0.3 is 9.88 Å². The van der Waals surface area contributed by atoms with Crippen molar-refractivity contribution in [3.05, 3.63) is 59.9 Å². The summed E-state index contributed by atoms with van der Waals surface area (Å²) in [5, 5.41) is 2.61. The molecule has 0 aliphatic heterocycles. The number of carbonyl (C=O) groups is 1. The van der Waals surface area contributed by atoms with Crippen LogP contribution < -0.4 is 5.32 Å². The Morgan fingerprint density at radius 1 is 1.17 bits per heavy atom. The summed E-state index contributed by atoms with van der Waals surface area (Å²) in [6, 6.07) is 13.3. The third-order valence-electron chi connectivity index (χ3n) is 3.51. The molecule has 1 aromatic heterocycles. The number of nitrogens with one attached hydrogen (secondary N) is 1. The monoisotopic (exact) mass is 333 g/mol. The second kappa shape index (κ2) is 5.99. The third-order valence-corrected chi connectivity index (χ3v) is 3.51. The molecule has 4 nitrogen and oxygen atoms in total. The smallest absolute Gasteiger partial charge is 0.325 e. The summed E-state index contributed by atoms with van der Waals surface area (Å²) >= 11 is 0. The van der Waals surface area contributed by atoms with Crippen LogP contribution in [0.3, 0.4) is 0 Å². The fourth-order valence-electron chi connectivity index (χ4n) is 2.52. The second-order valence-corrected chi connectivity index (χ2v) is 5.43. The highest BCUT2D eigenvalue weighted by Gasteiger charge is 2.37. The van der Waals surface area contributed by atoms with Gasteiger partial charge in [-0.15, -0.1) is 0 Å². The van der Waals surface area contributed by atoms with E-state index in [0.29, 0.717) is 5.69 Å². The minimum absolute atomic E-state index is 0.202. The van der Waals surface area contributed by atoms with Crippen LogP contribution >= 0.6 is 0 Å². The average molecular weight is 333 g/mol. The largest absolute Gasteiger partial charge is 0.449 e. The lowest BCUT2D eigenvalue weighted by atomic mass is 10.2. The number of aromatic nitrogens is 2. The highest BCUT2D eigenvalue weighted by atomic mass is 19.4. The van der Waals surface area contributed by atoms with E-state index < -0.39 is 24.5 Å². The van der Waals surface area contributed by atoms with Crippen molar-refractivity contribution in [2.75, 3.05) is 5.32 Å². The number of alkyl halides is 3. The van der Waals surface area contributed by atoms with E-state index in [9.17, 15) is 18.0 Å². The van der Waals surface area contributed by atoms with Crippen LogP contribution in [0.15, 0.2) is 48.5 Å². The molecule has 1 amide bonds. The Kier molecular flexibility index (Phi) is 4.01. The summed E-state index contributed by atoms with van der Waals surface area (Å²) in [5.74, 6) is -1.63. The molecule has 0 fully saturated rings. The maximum atomic E-state index is 13.2. The van der Waals surface area contributed by atoms with Crippen LogP contribution in [0.2, 0.25) is 0 Å². The van der Waals surface area contributed by atoms with Crippen molar-refractivity contribution in [3.8, 4) is 0 Å². The summed E-state index contributed by atoms with van der Waals surface area (Å²) in [7, 11) is 0. The lowest BCUT2D eigenvalue weighted by Gasteiger charge is -2.12. The molecule has 7 heteroatoms. The maximum absolute atomic E-state index is 13.2. The molecule has 0 atom stereocenters. The number of benzene rings is 2. The molecule has 0 unspecified atom stereocenters. The SMILES string of the molecule is Cc1cccc(NC(=O)Cn2c(C(F)(F)F)nc3ccccc32)c1. The number of imidazole rings is 1. The average Bonchev–Trinajstić information content (AvgIpc) is 2.86. The Bertz CT molecular complexity index is 899. The molecule has 0 aliphatic rings. The van der Waals surface area contributed by atoms with Gasteiger partial charge in [-0.25, -0.2) is 4.98 Å². The molecule has 0 saturated carbocycles. The molecule has 0 radical (unpaired) electrons. The van der Waals surface area contributed by atoms with Gasteiger partial charge in [-0.1, -0.05) is 24.3 Å². The first-order chi connectivity index (χ1) is 11.3. The number of anilines is 1. The first-order valence-electron chi connectivity index (χ1n) is 7.23. The minimum Gasteiger partial charge on any atom is -0.325 e. The molecule has 124 valence electrons. The van der Waals surface area contributed by atoms with Gasteiger partial charge in [-0.05, 0) is 36.8 Å². The van der Waals surface area contributed by atoms with Crippen molar-refractivity contribution < 1.29 is 18.0 Å². The molecule has 2 aromatic carbocycles. The Morgan fingerprint density at radius 2 is 1.92 bits per heavy atom. The van der Waals surface area contributed by atoms with Gasteiger partial charge in [0.2, 0.25) is 11.7 Å². The van der Waals surface area contributed by atoms with E-state index in [1.54, 1.807) is 30.3 Å². The van der Waals surface area contributed by atoms with Crippen LogP contribution in [0.25, 0.3) is 11.0 Å². The molecular weight excluding hydrogens is 319 g/mol. The molecule has 1 N–H and O–H groups in total. The van der Waals surface area contributed by atoms with E-state index >= 15 is 0 Å². The van der Waals surface area contributed by atoms with Crippen molar-refractivity contribution in [2.45, 2.75) is 19.6 Å². The van der Waals surface area contributed by atoms with E-state index in [-0.39, 0.29) is 11.0 Å². The molecule has 3 rings (SSSR count). The standard InChI is InChI=1S/C17H14F3N3O/c1-11-5-4-6-12(9-11)21-15(24)10-23-14-8-3-2-7-13(14)22-16(23)17(18,19)20/h2-9H,10H2,1H3,(H,21,24). The van der Waals surface area contributed by atoms with Crippen molar-refractivity contribution in [1.82, 2.24) is 9.55 Å². The van der Waals surface area contributed by atoms with Crippen LogP contribution in [0, 0.1) is 6.92 Å². The number of nitrogens with zero attached hydrogens (tertiary/aromatic N) is 2. The van der Waals surface area contributed by atoms with Crippen LogP contribution in [-0.4, -0.2) is 15.5 Å². The zero-order valence-electron chi connectivity index (χ0n) is 12.8. The highest BCUT2D eigenvalue weighted by Crippen LogP contribution is 2.31. The first-order valence-corrected chi connectivity index (χ1v) is 7.23. The molecule has 0 bridgehead atoms. The van der Waals surface area contributed by atoms with E-state index in [1.165, 1.54) is 12.1 Å². The summed E-state index contributed by atoms with van der Waals surface area (Å²) < 4.78 is 40.5. The van der Waals surface area contributed by atoms with Gasteiger partial charge in [0.05, 0.1) is 11.0 Å². The summed E-state index contributed by atoms with van der Waals surface area (Å²) in [6.45, 7) is 1.39. The van der Waals surface area contributed by atoms with E-state index in [4.69, 9.17) is 0 Å². The van der Waals surface area contributed by atoms with Gasteiger partial charge in [-0.3, -0.25) is 4.79 Å². The normalized spacial score (nSPS) is 11.7. The Hall–Kier alpha value is -2.83. The van der Waals surface area contributed by atoms with Crippen molar-refractivity contribution in [1.29, 1.82) is 0 Å². The predicted octanol–water partition coefficient (Wildman–Crippen LogP) is 4.00. The molecular formula is C17H14F3N3O. The number of para-hydroxylation sites is 2. The van der Waals surface area contributed by atoms with Gasteiger partial charge in [0.15, 0.2) is 0 Å². The number of hydrogen-bond donors (Lipinski definition) is 1. The van der Waals surface area contributed by atoms with E-state index in [1.807, 2.05) is 13.0 Å². The third kappa shape index (κ3) is 3.24. The zero-order valence-corrected chi connectivity index (χ0v) is 12.8. The minimum atomic E-state index is -4.64. The maximum Gasteiger partial charge on any atom is 0.449 e. The van der Waals surface area contributed by atoms with Gasteiger partial charge in [-0.2, -0.15) is 13.2 Å². The number of aryl methyl sites for hydroxylation is 1. The quantitative estimate of drug-likeness (QED) is 0.787. The molecule has 1 heterocycles. The fraction of sp³-hybridized carbons (Fsp3) is 0.176. The summed E-state index contributed by atoms with van der Waals surface area (Å²) in [4.78, 5) is 15.8. The summed E-state index contributed by atoms with van der Waals surface area (Å²) in [5.41, 5.74) is 1.95.